The van der Waals surface area contributed by atoms with Crippen LogP contribution in [-0.2, 0) is 70.6 Å². The third-order valence-electron chi connectivity index (χ3n) is 9.95. The highest BCUT2D eigenvalue weighted by molar-refractivity contribution is 6.45. The van der Waals surface area contributed by atoms with Crippen LogP contribution in [0, 0.1) is 0 Å². The van der Waals surface area contributed by atoms with E-state index in [-0.39, 0.29) is 59.0 Å². The zero-order valence-corrected chi connectivity index (χ0v) is 28.2. The van der Waals surface area contributed by atoms with Gasteiger partial charge in [-0.25, -0.2) is 0 Å². The quantitative estimate of drug-likeness (QED) is 0.310. The number of rotatable bonds is 10. The lowest BCUT2D eigenvalue weighted by Gasteiger charge is -2.37. The Kier molecular flexibility index (Phi) is 9.31. The van der Waals surface area contributed by atoms with Crippen molar-refractivity contribution in [2.45, 2.75) is 165 Å². The molecule has 18 heteroatoms. The Balaban J connectivity index is 0.920. The molecular formula is C29H47B3O15. The first-order valence-electron chi connectivity index (χ1n) is 17.3. The first-order chi connectivity index (χ1) is 22.5. The van der Waals surface area contributed by atoms with Gasteiger partial charge in [-0.2, -0.15) is 0 Å². The average Bonchev–Trinajstić information content (AvgIpc) is 3.87. The van der Waals surface area contributed by atoms with Crippen LogP contribution >= 0.6 is 0 Å². The minimum Gasteiger partial charge on any atom is -0.408 e. The molecule has 0 N–H and O–H groups in total. The van der Waals surface area contributed by atoms with Crippen molar-refractivity contribution in [3.05, 3.63) is 0 Å². The highest BCUT2D eigenvalue weighted by Gasteiger charge is 2.62. The lowest BCUT2D eigenvalue weighted by Crippen LogP contribution is -2.56. The van der Waals surface area contributed by atoms with Crippen LogP contribution in [0.15, 0.2) is 0 Å². The molecule has 0 aromatic heterocycles. The maximum absolute atomic E-state index is 6.40. The van der Waals surface area contributed by atoms with Gasteiger partial charge in [-0.3, -0.25) is 0 Å². The fourth-order valence-electron chi connectivity index (χ4n) is 7.87. The van der Waals surface area contributed by atoms with Crippen molar-refractivity contribution in [1.82, 2.24) is 0 Å². The zero-order valence-electron chi connectivity index (χ0n) is 28.2. The topological polar surface area (TPSA) is 138 Å². The van der Waals surface area contributed by atoms with E-state index >= 15 is 0 Å². The van der Waals surface area contributed by atoms with Gasteiger partial charge in [0.1, 0.15) is 61.0 Å². The molecule has 262 valence electrons. The molecule has 8 heterocycles. The fourth-order valence-corrected chi connectivity index (χ4v) is 7.87. The van der Waals surface area contributed by atoms with Gasteiger partial charge in [0.05, 0.1) is 25.9 Å². The van der Waals surface area contributed by atoms with Gasteiger partial charge in [-0.1, -0.05) is 20.8 Å². The molecule has 14 unspecified atom stereocenters. The molecule has 47 heavy (non-hydrogen) atoms. The van der Waals surface area contributed by atoms with Crippen molar-refractivity contribution < 1.29 is 70.6 Å². The van der Waals surface area contributed by atoms with Crippen molar-refractivity contribution in [3.8, 4) is 0 Å². The molecule has 0 amide bonds. The molecule has 8 aliphatic heterocycles. The predicted octanol–water partition coefficient (Wildman–Crippen LogP) is 1.37. The van der Waals surface area contributed by atoms with Gasteiger partial charge < -0.3 is 70.6 Å². The summed E-state index contributed by atoms with van der Waals surface area (Å²) in [4.78, 5) is 0. The number of hydrogen-bond donors (Lipinski definition) is 0. The molecule has 0 aromatic rings. The maximum atomic E-state index is 6.40. The molecule has 15 nitrogen and oxygen atoms in total. The third kappa shape index (κ3) is 6.37. The van der Waals surface area contributed by atoms with E-state index in [2.05, 4.69) is 0 Å². The summed E-state index contributed by atoms with van der Waals surface area (Å²) in [5.41, 5.74) is 0. The smallest absolute Gasteiger partial charge is 0.408 e. The van der Waals surface area contributed by atoms with E-state index in [0.29, 0.717) is 19.2 Å². The Hall–Kier alpha value is -0.405. The van der Waals surface area contributed by atoms with Crippen LogP contribution in [0.2, 0.25) is 19.0 Å². The van der Waals surface area contributed by atoms with Crippen LogP contribution < -0.4 is 0 Å². The molecule has 0 aromatic carbocycles. The Bertz CT molecular complexity index is 1120. The van der Waals surface area contributed by atoms with Gasteiger partial charge in [0.25, 0.3) is 0 Å². The standard InChI is InChI=1S/C29H47B3O15/c1-8-30-35-13-16(43-30)17-21-24(47-32(10-3)45-21)26(38-17)34-12-15-19-23(46-31(9-2)44-19)25(36-15)33-11-14-18-20(40-28(4,5)39-18)22-27(37-14)42-29(6,7)41-22/h14-27H,8-13H2,1-7H3. The number of ether oxygens (including phenoxy) is 9. The van der Waals surface area contributed by atoms with Crippen LogP contribution in [0.1, 0.15) is 48.5 Å². The average molecular weight is 668 g/mol. The Labute approximate surface area is 276 Å². The van der Waals surface area contributed by atoms with Crippen LogP contribution in [0.4, 0.5) is 0 Å². The molecule has 0 spiro atoms. The van der Waals surface area contributed by atoms with Gasteiger partial charge in [0, 0.05) is 0 Å². The van der Waals surface area contributed by atoms with E-state index in [1.807, 2.05) is 48.5 Å². The highest BCUT2D eigenvalue weighted by atomic mass is 16.9. The van der Waals surface area contributed by atoms with Crippen LogP contribution in [0.3, 0.4) is 0 Å². The minimum absolute atomic E-state index is 0.151. The lowest BCUT2D eigenvalue weighted by atomic mass is 9.86. The second kappa shape index (κ2) is 13.0. The molecule has 0 aliphatic carbocycles. The molecule has 8 aliphatic rings. The van der Waals surface area contributed by atoms with E-state index in [1.165, 1.54) is 0 Å². The molecule has 14 atom stereocenters. The Morgan fingerprint density at radius 3 is 1.77 bits per heavy atom. The summed E-state index contributed by atoms with van der Waals surface area (Å²) in [5, 5.41) is 0. The van der Waals surface area contributed by atoms with Gasteiger partial charge >= 0.3 is 21.4 Å². The number of hydrogen-bond acceptors (Lipinski definition) is 15. The van der Waals surface area contributed by atoms with Crippen molar-refractivity contribution in [2.24, 2.45) is 0 Å². The van der Waals surface area contributed by atoms with Crippen molar-refractivity contribution in [1.29, 1.82) is 0 Å². The summed E-state index contributed by atoms with van der Waals surface area (Å²) in [6.07, 6.45) is -4.33. The summed E-state index contributed by atoms with van der Waals surface area (Å²) >= 11 is 0. The highest BCUT2D eigenvalue weighted by Crippen LogP contribution is 2.45. The normalized spacial score (nSPS) is 47.9. The van der Waals surface area contributed by atoms with Gasteiger partial charge in [-0.15, -0.1) is 0 Å². The second-order valence-corrected chi connectivity index (χ2v) is 14.3. The van der Waals surface area contributed by atoms with E-state index in [9.17, 15) is 0 Å². The van der Waals surface area contributed by atoms with Crippen molar-refractivity contribution in [3.63, 3.8) is 0 Å². The maximum Gasteiger partial charge on any atom is 0.457 e. The van der Waals surface area contributed by atoms with E-state index in [4.69, 9.17) is 70.6 Å². The fraction of sp³-hybridized carbons (Fsp3) is 1.00. The van der Waals surface area contributed by atoms with Crippen LogP contribution in [-0.4, -0.2) is 139 Å². The number of fused-ring (bicyclic) bond motifs is 5. The molecule has 8 saturated heterocycles. The van der Waals surface area contributed by atoms with Gasteiger partial charge in [-0.05, 0) is 46.7 Å². The molecule has 8 rings (SSSR count). The first-order valence-corrected chi connectivity index (χ1v) is 17.3. The van der Waals surface area contributed by atoms with Gasteiger partial charge in [0.15, 0.2) is 30.4 Å². The summed E-state index contributed by atoms with van der Waals surface area (Å²) in [6, 6.07) is 0. The lowest BCUT2D eigenvalue weighted by molar-refractivity contribution is -0.261. The summed E-state index contributed by atoms with van der Waals surface area (Å²) < 4.78 is 93.3. The molecular weight excluding hydrogens is 621 g/mol. The molecule has 0 bridgehead atoms. The molecule has 0 radical (unpaired) electrons. The van der Waals surface area contributed by atoms with Crippen molar-refractivity contribution in [2.75, 3.05) is 19.8 Å². The SMILES string of the molecule is CCB1OCC(C2OC(OCC3OC(OCC4OC5OC(C)(C)OC5C5OC(C)(C)OC45)C4OB(CC)OC34)C3OB(CC)OC23)O1. The Morgan fingerprint density at radius 2 is 1.09 bits per heavy atom. The van der Waals surface area contributed by atoms with Gasteiger partial charge in [0.2, 0.25) is 0 Å². The van der Waals surface area contributed by atoms with E-state index < -0.39 is 73.2 Å². The Morgan fingerprint density at radius 1 is 0.532 bits per heavy atom. The van der Waals surface area contributed by atoms with E-state index in [1.54, 1.807) is 0 Å². The summed E-state index contributed by atoms with van der Waals surface area (Å²) in [5.74, 6) is -1.62. The third-order valence-corrected chi connectivity index (χ3v) is 9.95. The van der Waals surface area contributed by atoms with E-state index in [0.717, 1.165) is 6.32 Å². The monoisotopic (exact) mass is 668 g/mol. The minimum atomic E-state index is -0.809. The summed E-state index contributed by atoms with van der Waals surface area (Å²) in [6.45, 7) is 14.3. The molecule has 8 fully saturated rings. The second-order valence-electron chi connectivity index (χ2n) is 14.3. The van der Waals surface area contributed by atoms with Crippen LogP contribution in [0.5, 0.6) is 0 Å². The summed E-state index contributed by atoms with van der Waals surface area (Å²) in [7, 11) is -0.969. The predicted molar refractivity (Wildman–Crippen MR) is 161 cm³/mol. The first kappa shape index (κ1) is 33.7. The van der Waals surface area contributed by atoms with Crippen LogP contribution in [0.25, 0.3) is 0 Å². The largest absolute Gasteiger partial charge is 0.457 e. The van der Waals surface area contributed by atoms with Crippen molar-refractivity contribution >= 4 is 21.4 Å². The zero-order chi connectivity index (χ0) is 32.7. The molecule has 0 saturated carbocycles.